The average Bonchev–Trinajstić information content (AvgIpc) is 2.94. The molecule has 1 saturated carbocycles. The Morgan fingerprint density at radius 3 is 2.56 bits per heavy atom. The quantitative estimate of drug-likeness (QED) is 0.855. The number of hydrogen-bond acceptors (Lipinski definition) is 4. The average molecular weight is 249 g/mol. The molecule has 2 heterocycles. The van der Waals surface area contributed by atoms with Crippen molar-refractivity contribution >= 4 is 0 Å². The summed E-state index contributed by atoms with van der Waals surface area (Å²) in [6.45, 7) is 2.29. The third-order valence-electron chi connectivity index (χ3n) is 4.97. The number of piperidine rings is 1. The number of rotatable bonds is 3. The van der Waals surface area contributed by atoms with Gasteiger partial charge in [-0.3, -0.25) is 0 Å². The van der Waals surface area contributed by atoms with Crippen LogP contribution in [0.15, 0.2) is 0 Å². The summed E-state index contributed by atoms with van der Waals surface area (Å²) < 4.78 is 0. The van der Waals surface area contributed by atoms with Crippen LogP contribution < -0.4 is 5.32 Å². The molecule has 3 rings (SSSR count). The minimum Gasteiger partial charge on any atom is -0.317 e. The van der Waals surface area contributed by atoms with Gasteiger partial charge in [0.05, 0.1) is 0 Å². The first-order valence-corrected chi connectivity index (χ1v) is 7.32. The first-order valence-electron chi connectivity index (χ1n) is 7.32. The van der Waals surface area contributed by atoms with Gasteiger partial charge in [0.25, 0.3) is 0 Å². The zero-order valence-electron chi connectivity index (χ0n) is 11.0. The van der Waals surface area contributed by atoms with Crippen molar-refractivity contribution in [3.05, 3.63) is 5.82 Å². The number of hydrogen-bond donors (Lipinski definition) is 2. The number of nitrogens with one attached hydrogen (secondary N) is 2. The van der Waals surface area contributed by atoms with Crippen LogP contribution in [0.1, 0.15) is 50.8 Å². The highest BCUT2D eigenvalue weighted by Crippen LogP contribution is 2.46. The number of nitrogens with zero attached hydrogens (tertiary/aromatic N) is 3. The van der Waals surface area contributed by atoms with Crippen LogP contribution in [0.2, 0.25) is 0 Å². The Morgan fingerprint density at radius 2 is 1.89 bits per heavy atom. The molecule has 2 fully saturated rings. The van der Waals surface area contributed by atoms with E-state index < -0.39 is 0 Å². The monoisotopic (exact) mass is 249 g/mol. The molecule has 100 valence electrons. The van der Waals surface area contributed by atoms with Gasteiger partial charge < -0.3 is 5.32 Å². The predicted octanol–water partition coefficient (Wildman–Crippen LogP) is 1.69. The normalized spacial score (nSPS) is 25.1. The third kappa shape index (κ3) is 2.41. The molecule has 1 saturated heterocycles. The van der Waals surface area contributed by atoms with E-state index in [9.17, 15) is 0 Å². The summed E-state index contributed by atoms with van der Waals surface area (Å²) in [5.41, 5.74) is 0.426. The molecule has 1 aromatic heterocycles. The molecule has 0 atom stereocenters. The molecule has 18 heavy (non-hydrogen) atoms. The van der Waals surface area contributed by atoms with Gasteiger partial charge in [-0.05, 0) is 50.1 Å². The van der Waals surface area contributed by atoms with Gasteiger partial charge in [0.1, 0.15) is 0 Å². The molecule has 0 amide bonds. The van der Waals surface area contributed by atoms with Crippen LogP contribution in [-0.4, -0.2) is 33.7 Å². The van der Waals surface area contributed by atoms with Gasteiger partial charge in [0.15, 0.2) is 5.82 Å². The van der Waals surface area contributed by atoms with Gasteiger partial charge in [-0.2, -0.15) is 5.21 Å². The number of tetrazole rings is 1. The molecule has 2 aliphatic rings. The third-order valence-corrected chi connectivity index (χ3v) is 4.97. The minimum absolute atomic E-state index is 0.426. The van der Waals surface area contributed by atoms with Gasteiger partial charge in [0, 0.05) is 6.42 Å². The highest BCUT2D eigenvalue weighted by Gasteiger charge is 2.40. The topological polar surface area (TPSA) is 66.5 Å². The van der Waals surface area contributed by atoms with E-state index in [2.05, 4.69) is 25.9 Å². The molecule has 5 heteroatoms. The summed E-state index contributed by atoms with van der Waals surface area (Å²) >= 11 is 0. The first kappa shape index (κ1) is 12.1. The van der Waals surface area contributed by atoms with Crippen molar-refractivity contribution in [1.82, 2.24) is 25.9 Å². The standard InChI is InChI=1S/C13H23N5/c1-2-4-11(5-3-1)13(6-8-14-9-7-13)10-12-15-17-18-16-12/h11,14H,1-10H2,(H,15,16,17,18). The number of aromatic amines is 1. The van der Waals surface area contributed by atoms with E-state index in [1.165, 1.54) is 44.9 Å². The lowest BCUT2D eigenvalue weighted by atomic mass is 9.62. The van der Waals surface area contributed by atoms with Gasteiger partial charge in [-0.1, -0.05) is 24.5 Å². The summed E-state index contributed by atoms with van der Waals surface area (Å²) in [6.07, 6.45) is 10.6. The minimum atomic E-state index is 0.426. The molecule has 1 aliphatic carbocycles. The number of H-pyrrole nitrogens is 1. The predicted molar refractivity (Wildman–Crippen MR) is 69.0 cm³/mol. The lowest BCUT2D eigenvalue weighted by Crippen LogP contribution is -2.44. The van der Waals surface area contributed by atoms with Crippen molar-refractivity contribution in [3.63, 3.8) is 0 Å². The molecule has 2 N–H and O–H groups in total. The SMILES string of the molecule is C1CCC(C2(Cc3nn[nH]n3)CCNCC2)CC1. The van der Waals surface area contributed by atoms with Crippen molar-refractivity contribution in [2.24, 2.45) is 11.3 Å². The van der Waals surface area contributed by atoms with Crippen LogP contribution in [-0.2, 0) is 6.42 Å². The van der Waals surface area contributed by atoms with Crippen LogP contribution >= 0.6 is 0 Å². The molecular weight excluding hydrogens is 226 g/mol. The van der Waals surface area contributed by atoms with Gasteiger partial charge in [-0.15, -0.1) is 10.2 Å². The van der Waals surface area contributed by atoms with Gasteiger partial charge >= 0.3 is 0 Å². The highest BCUT2D eigenvalue weighted by atomic mass is 15.5. The van der Waals surface area contributed by atoms with Crippen molar-refractivity contribution in [2.75, 3.05) is 13.1 Å². The molecule has 0 radical (unpaired) electrons. The van der Waals surface area contributed by atoms with Crippen LogP contribution in [0.4, 0.5) is 0 Å². The maximum atomic E-state index is 4.18. The van der Waals surface area contributed by atoms with E-state index in [1.54, 1.807) is 0 Å². The largest absolute Gasteiger partial charge is 0.317 e. The highest BCUT2D eigenvalue weighted by molar-refractivity contribution is 4.97. The lowest BCUT2D eigenvalue weighted by molar-refractivity contribution is 0.0727. The molecule has 0 unspecified atom stereocenters. The summed E-state index contributed by atoms with van der Waals surface area (Å²) in [5.74, 6) is 1.77. The lowest BCUT2D eigenvalue weighted by Gasteiger charge is -2.45. The Labute approximate surface area is 108 Å². The Balaban J connectivity index is 1.78. The van der Waals surface area contributed by atoms with Crippen molar-refractivity contribution in [2.45, 2.75) is 51.4 Å². The van der Waals surface area contributed by atoms with E-state index in [1.807, 2.05) is 0 Å². The molecular formula is C13H23N5. The van der Waals surface area contributed by atoms with Crippen LogP contribution in [0.3, 0.4) is 0 Å². The zero-order chi connectivity index (χ0) is 12.3. The van der Waals surface area contributed by atoms with Crippen LogP contribution in [0, 0.1) is 11.3 Å². The molecule has 5 nitrogen and oxygen atoms in total. The Morgan fingerprint density at radius 1 is 1.11 bits per heavy atom. The Kier molecular flexibility index (Phi) is 3.59. The van der Waals surface area contributed by atoms with Gasteiger partial charge in [-0.25, -0.2) is 0 Å². The second-order valence-corrected chi connectivity index (χ2v) is 5.95. The molecule has 0 aromatic carbocycles. The summed E-state index contributed by atoms with van der Waals surface area (Å²) in [6, 6.07) is 0. The van der Waals surface area contributed by atoms with E-state index in [4.69, 9.17) is 0 Å². The second-order valence-electron chi connectivity index (χ2n) is 5.95. The fraction of sp³-hybridized carbons (Fsp3) is 0.923. The Hall–Kier alpha value is -0.970. The first-order chi connectivity index (χ1) is 8.89. The van der Waals surface area contributed by atoms with Crippen molar-refractivity contribution in [1.29, 1.82) is 0 Å². The van der Waals surface area contributed by atoms with Crippen LogP contribution in [0.5, 0.6) is 0 Å². The summed E-state index contributed by atoms with van der Waals surface area (Å²) in [4.78, 5) is 0. The smallest absolute Gasteiger partial charge is 0.175 e. The fourth-order valence-electron chi connectivity index (χ4n) is 3.94. The van der Waals surface area contributed by atoms with E-state index >= 15 is 0 Å². The Bertz CT molecular complexity index is 349. The molecule has 1 aliphatic heterocycles. The summed E-state index contributed by atoms with van der Waals surface area (Å²) in [7, 11) is 0. The number of aromatic nitrogens is 4. The maximum Gasteiger partial charge on any atom is 0.175 e. The molecule has 0 spiro atoms. The van der Waals surface area contributed by atoms with E-state index in [0.717, 1.165) is 31.3 Å². The molecule has 1 aromatic rings. The van der Waals surface area contributed by atoms with Crippen LogP contribution in [0.25, 0.3) is 0 Å². The van der Waals surface area contributed by atoms with E-state index in [0.29, 0.717) is 5.41 Å². The second kappa shape index (κ2) is 5.34. The van der Waals surface area contributed by atoms with Crippen molar-refractivity contribution < 1.29 is 0 Å². The summed E-state index contributed by atoms with van der Waals surface area (Å²) in [5, 5.41) is 18.2. The van der Waals surface area contributed by atoms with Gasteiger partial charge in [0.2, 0.25) is 0 Å². The maximum absolute atomic E-state index is 4.18. The van der Waals surface area contributed by atoms with E-state index in [-0.39, 0.29) is 0 Å². The fourth-order valence-corrected chi connectivity index (χ4v) is 3.94. The van der Waals surface area contributed by atoms with Crippen molar-refractivity contribution in [3.8, 4) is 0 Å². The zero-order valence-corrected chi connectivity index (χ0v) is 11.0. The molecule has 0 bridgehead atoms.